The first-order valence-electron chi connectivity index (χ1n) is 6.03. The Morgan fingerprint density at radius 2 is 1.94 bits per heavy atom. The SMILES string of the molecule is CNc1nc(C)c2cc(C(C)C)ccc(=O)c2n1. The monoisotopic (exact) mass is 243 g/mol. The normalized spacial score (nSPS) is 10.9. The fourth-order valence-corrected chi connectivity index (χ4v) is 1.88. The van der Waals surface area contributed by atoms with Crippen LogP contribution in [0.5, 0.6) is 0 Å². The van der Waals surface area contributed by atoms with Gasteiger partial charge in [0.2, 0.25) is 11.4 Å². The summed E-state index contributed by atoms with van der Waals surface area (Å²) in [5, 5.41) is 3.70. The zero-order valence-corrected chi connectivity index (χ0v) is 11.1. The van der Waals surface area contributed by atoms with Gasteiger partial charge in [-0.25, -0.2) is 9.97 Å². The molecule has 1 aromatic carbocycles. The van der Waals surface area contributed by atoms with Crippen molar-refractivity contribution >= 4 is 16.9 Å². The molecule has 0 fully saturated rings. The van der Waals surface area contributed by atoms with Crippen molar-refractivity contribution in [3.8, 4) is 0 Å². The van der Waals surface area contributed by atoms with Gasteiger partial charge in [0, 0.05) is 12.4 Å². The molecule has 0 saturated carbocycles. The molecule has 0 unspecified atom stereocenters. The summed E-state index contributed by atoms with van der Waals surface area (Å²) in [5.74, 6) is 0.845. The van der Waals surface area contributed by atoms with Gasteiger partial charge in [-0.3, -0.25) is 4.79 Å². The topological polar surface area (TPSA) is 54.9 Å². The second-order valence-corrected chi connectivity index (χ2v) is 4.64. The number of nitrogens with zero attached hydrogens (tertiary/aromatic N) is 2. The Balaban J connectivity index is 2.90. The largest absolute Gasteiger partial charge is 0.357 e. The predicted molar refractivity (Wildman–Crippen MR) is 74.2 cm³/mol. The fourth-order valence-electron chi connectivity index (χ4n) is 1.88. The first kappa shape index (κ1) is 12.5. The third-order valence-electron chi connectivity index (χ3n) is 3.00. The van der Waals surface area contributed by atoms with Gasteiger partial charge in [-0.15, -0.1) is 0 Å². The maximum atomic E-state index is 12.1. The van der Waals surface area contributed by atoms with Crippen LogP contribution >= 0.6 is 0 Å². The first-order valence-corrected chi connectivity index (χ1v) is 6.03. The van der Waals surface area contributed by atoms with E-state index in [1.54, 1.807) is 13.1 Å². The van der Waals surface area contributed by atoms with Gasteiger partial charge in [0.25, 0.3) is 0 Å². The Kier molecular flexibility index (Phi) is 3.28. The predicted octanol–water partition coefficient (Wildman–Crippen LogP) is 2.46. The summed E-state index contributed by atoms with van der Waals surface area (Å²) in [6, 6.07) is 5.47. The Labute approximate surface area is 106 Å². The third-order valence-corrected chi connectivity index (χ3v) is 3.00. The highest BCUT2D eigenvalue weighted by Gasteiger charge is 2.08. The zero-order valence-electron chi connectivity index (χ0n) is 11.1. The molecule has 0 aliphatic rings. The number of anilines is 1. The van der Waals surface area contributed by atoms with E-state index in [2.05, 4.69) is 29.1 Å². The van der Waals surface area contributed by atoms with Gasteiger partial charge in [0.15, 0.2) is 0 Å². The maximum absolute atomic E-state index is 12.1. The molecule has 0 aliphatic heterocycles. The van der Waals surface area contributed by atoms with Crippen molar-refractivity contribution in [2.45, 2.75) is 26.7 Å². The van der Waals surface area contributed by atoms with Crippen LogP contribution in [0.1, 0.15) is 31.0 Å². The molecule has 2 aromatic rings. The van der Waals surface area contributed by atoms with Gasteiger partial charge in [0.1, 0.15) is 5.52 Å². The molecule has 18 heavy (non-hydrogen) atoms. The number of aryl methyl sites for hydroxylation is 1. The van der Waals surface area contributed by atoms with Crippen LogP contribution < -0.4 is 10.7 Å². The van der Waals surface area contributed by atoms with Crippen LogP contribution in [0.4, 0.5) is 5.95 Å². The number of fused-ring (bicyclic) bond motifs is 1. The lowest BCUT2D eigenvalue weighted by atomic mass is 10.0. The summed E-state index contributed by atoms with van der Waals surface area (Å²) in [6.45, 7) is 6.10. The molecule has 1 N–H and O–H groups in total. The lowest BCUT2D eigenvalue weighted by Crippen LogP contribution is -2.04. The van der Waals surface area contributed by atoms with E-state index in [9.17, 15) is 4.79 Å². The third kappa shape index (κ3) is 2.18. The van der Waals surface area contributed by atoms with Crippen molar-refractivity contribution in [2.75, 3.05) is 12.4 Å². The summed E-state index contributed by atoms with van der Waals surface area (Å²) >= 11 is 0. The summed E-state index contributed by atoms with van der Waals surface area (Å²) in [4.78, 5) is 20.6. The summed E-state index contributed by atoms with van der Waals surface area (Å²) in [7, 11) is 1.74. The van der Waals surface area contributed by atoms with E-state index in [1.165, 1.54) is 0 Å². The van der Waals surface area contributed by atoms with Gasteiger partial charge in [0.05, 0.1) is 5.69 Å². The second-order valence-electron chi connectivity index (χ2n) is 4.64. The Hall–Kier alpha value is -1.97. The van der Waals surface area contributed by atoms with Crippen molar-refractivity contribution in [2.24, 2.45) is 0 Å². The molecule has 0 amide bonds. The van der Waals surface area contributed by atoms with Crippen LogP contribution in [0.15, 0.2) is 23.0 Å². The van der Waals surface area contributed by atoms with Gasteiger partial charge < -0.3 is 5.32 Å². The van der Waals surface area contributed by atoms with E-state index in [-0.39, 0.29) is 5.43 Å². The summed E-state index contributed by atoms with van der Waals surface area (Å²) in [6.07, 6.45) is 0. The van der Waals surface area contributed by atoms with Crippen molar-refractivity contribution in [1.82, 2.24) is 9.97 Å². The van der Waals surface area contributed by atoms with Gasteiger partial charge in [-0.1, -0.05) is 19.9 Å². The molecular weight excluding hydrogens is 226 g/mol. The zero-order chi connectivity index (χ0) is 13.3. The number of hydrogen-bond donors (Lipinski definition) is 1. The molecule has 0 aliphatic carbocycles. The maximum Gasteiger partial charge on any atom is 0.223 e. The smallest absolute Gasteiger partial charge is 0.223 e. The minimum atomic E-state index is -0.0705. The average molecular weight is 243 g/mol. The van der Waals surface area contributed by atoms with E-state index >= 15 is 0 Å². The lowest BCUT2D eigenvalue weighted by molar-refractivity contribution is 0.869. The van der Waals surface area contributed by atoms with Crippen molar-refractivity contribution < 1.29 is 0 Å². The molecule has 0 atom stereocenters. The molecule has 1 aromatic heterocycles. The van der Waals surface area contributed by atoms with E-state index in [1.807, 2.05) is 19.1 Å². The van der Waals surface area contributed by atoms with Crippen LogP contribution in [-0.2, 0) is 0 Å². The Bertz CT molecular complexity index is 650. The van der Waals surface area contributed by atoms with E-state index in [4.69, 9.17) is 0 Å². The van der Waals surface area contributed by atoms with Crippen LogP contribution in [0.25, 0.3) is 10.9 Å². The molecule has 0 spiro atoms. The molecule has 1 heterocycles. The molecular formula is C14H17N3O. The number of hydrogen-bond acceptors (Lipinski definition) is 4. The molecule has 0 radical (unpaired) electrons. The highest BCUT2D eigenvalue weighted by molar-refractivity contribution is 5.81. The molecule has 2 rings (SSSR count). The Morgan fingerprint density at radius 1 is 1.22 bits per heavy atom. The average Bonchev–Trinajstić information content (AvgIpc) is 2.50. The van der Waals surface area contributed by atoms with Crippen LogP contribution in [0, 0.1) is 6.92 Å². The van der Waals surface area contributed by atoms with Crippen molar-refractivity contribution in [1.29, 1.82) is 0 Å². The molecule has 4 nitrogen and oxygen atoms in total. The molecule has 94 valence electrons. The summed E-state index contributed by atoms with van der Waals surface area (Å²) < 4.78 is 0. The van der Waals surface area contributed by atoms with Gasteiger partial charge in [-0.05, 0) is 30.5 Å². The molecule has 0 saturated heterocycles. The van der Waals surface area contributed by atoms with E-state index in [0.717, 1.165) is 16.6 Å². The van der Waals surface area contributed by atoms with E-state index < -0.39 is 0 Å². The van der Waals surface area contributed by atoms with Crippen LogP contribution in [0.2, 0.25) is 0 Å². The van der Waals surface area contributed by atoms with Gasteiger partial charge in [-0.2, -0.15) is 0 Å². The van der Waals surface area contributed by atoms with Crippen LogP contribution in [0.3, 0.4) is 0 Å². The lowest BCUT2D eigenvalue weighted by Gasteiger charge is -2.04. The fraction of sp³-hybridized carbons (Fsp3) is 0.357. The number of rotatable bonds is 2. The summed E-state index contributed by atoms with van der Waals surface area (Å²) in [5.41, 5.74) is 2.34. The minimum absolute atomic E-state index is 0.0705. The van der Waals surface area contributed by atoms with Crippen molar-refractivity contribution in [3.05, 3.63) is 39.7 Å². The minimum Gasteiger partial charge on any atom is -0.357 e. The highest BCUT2D eigenvalue weighted by Crippen LogP contribution is 2.19. The van der Waals surface area contributed by atoms with Gasteiger partial charge >= 0.3 is 0 Å². The number of aromatic nitrogens is 2. The van der Waals surface area contributed by atoms with Crippen molar-refractivity contribution in [3.63, 3.8) is 0 Å². The second kappa shape index (κ2) is 4.72. The first-order chi connectivity index (χ1) is 8.52. The Morgan fingerprint density at radius 3 is 2.56 bits per heavy atom. The quantitative estimate of drug-likeness (QED) is 0.880. The standard InChI is InChI=1S/C14H17N3O/c1-8(2)10-5-6-12(18)13-11(7-10)9(3)16-14(15-4)17-13/h5-8H,1-4H3,(H,15,16,17). The van der Waals surface area contributed by atoms with E-state index in [0.29, 0.717) is 17.4 Å². The molecule has 0 bridgehead atoms. The van der Waals surface area contributed by atoms with Crippen LogP contribution in [-0.4, -0.2) is 17.0 Å². The number of nitrogens with one attached hydrogen (secondary N) is 1. The highest BCUT2D eigenvalue weighted by atomic mass is 16.1. The molecule has 4 heteroatoms.